The second-order valence-corrected chi connectivity index (χ2v) is 4.91. The quantitative estimate of drug-likeness (QED) is 0.837. The molecule has 0 unspecified atom stereocenters. The van der Waals surface area contributed by atoms with Gasteiger partial charge in [0.2, 0.25) is 5.91 Å². The topological polar surface area (TPSA) is 29.1 Å². The highest BCUT2D eigenvalue weighted by atomic mass is 79.9. The van der Waals surface area contributed by atoms with Crippen molar-refractivity contribution in [3.63, 3.8) is 0 Å². The summed E-state index contributed by atoms with van der Waals surface area (Å²) in [5.41, 5.74) is 0.646. The van der Waals surface area contributed by atoms with Crippen LogP contribution >= 0.6 is 39.1 Å². The molecule has 1 N–H and O–H groups in total. The molecule has 0 aromatic heterocycles. The Kier molecular flexibility index (Phi) is 4.90. The van der Waals surface area contributed by atoms with Crippen molar-refractivity contribution in [2.45, 2.75) is 18.2 Å². The zero-order valence-corrected chi connectivity index (χ0v) is 11.2. The van der Waals surface area contributed by atoms with E-state index in [1.54, 1.807) is 18.2 Å². The fourth-order valence-corrected chi connectivity index (χ4v) is 1.39. The van der Waals surface area contributed by atoms with E-state index in [0.29, 0.717) is 15.7 Å². The fraction of sp³-hybridized carbons (Fsp3) is 0.300. The number of hydrogen-bond acceptors (Lipinski definition) is 1. The van der Waals surface area contributed by atoms with Crippen LogP contribution in [0.4, 0.5) is 5.69 Å². The van der Waals surface area contributed by atoms with Gasteiger partial charge in [-0.1, -0.05) is 46.1 Å². The Labute approximate surface area is 107 Å². The van der Waals surface area contributed by atoms with Gasteiger partial charge in [-0.05, 0) is 24.6 Å². The lowest BCUT2D eigenvalue weighted by Crippen LogP contribution is -2.21. The van der Waals surface area contributed by atoms with Crippen LogP contribution in [0.1, 0.15) is 13.3 Å². The van der Waals surface area contributed by atoms with E-state index in [4.69, 9.17) is 23.2 Å². The summed E-state index contributed by atoms with van der Waals surface area (Å²) in [7, 11) is 0. The summed E-state index contributed by atoms with van der Waals surface area (Å²) in [6.45, 7) is 1.92. The van der Waals surface area contributed by atoms with Gasteiger partial charge in [0, 0.05) is 5.69 Å². The van der Waals surface area contributed by atoms with Crippen molar-refractivity contribution in [2.75, 3.05) is 5.32 Å². The second kappa shape index (κ2) is 5.73. The van der Waals surface area contributed by atoms with Crippen LogP contribution in [0, 0.1) is 0 Å². The van der Waals surface area contributed by atoms with Gasteiger partial charge in [-0.25, -0.2) is 0 Å². The molecule has 2 nitrogen and oxygen atoms in total. The maximum atomic E-state index is 11.5. The molecule has 5 heteroatoms. The van der Waals surface area contributed by atoms with Crippen molar-refractivity contribution in [1.82, 2.24) is 0 Å². The third-order valence-corrected chi connectivity index (χ3v) is 3.63. The van der Waals surface area contributed by atoms with Crippen LogP contribution in [0.15, 0.2) is 18.2 Å². The molecule has 1 aromatic rings. The van der Waals surface area contributed by atoms with Crippen LogP contribution < -0.4 is 5.32 Å². The number of carbonyl (C=O) groups excluding carboxylic acids is 1. The number of alkyl halides is 1. The van der Waals surface area contributed by atoms with Crippen LogP contribution in [-0.4, -0.2) is 10.7 Å². The maximum absolute atomic E-state index is 11.5. The Bertz CT molecular complexity index is 370. The molecule has 0 heterocycles. The Morgan fingerprint density at radius 3 is 2.67 bits per heavy atom. The van der Waals surface area contributed by atoms with Crippen molar-refractivity contribution < 1.29 is 4.79 Å². The Morgan fingerprint density at radius 1 is 1.47 bits per heavy atom. The van der Waals surface area contributed by atoms with Gasteiger partial charge in [-0.15, -0.1) is 0 Å². The smallest absolute Gasteiger partial charge is 0.238 e. The van der Waals surface area contributed by atoms with Gasteiger partial charge in [0.05, 0.1) is 14.9 Å². The number of hydrogen-bond donors (Lipinski definition) is 1. The Hall–Kier alpha value is -0.250. The molecule has 1 atom stereocenters. The third kappa shape index (κ3) is 3.67. The molecule has 0 aliphatic heterocycles. The zero-order valence-electron chi connectivity index (χ0n) is 8.06. The number of anilines is 1. The summed E-state index contributed by atoms with van der Waals surface area (Å²) < 4.78 is 0. The first-order valence-electron chi connectivity index (χ1n) is 4.44. The number of nitrogens with one attached hydrogen (secondary N) is 1. The van der Waals surface area contributed by atoms with E-state index in [-0.39, 0.29) is 10.7 Å². The normalized spacial score (nSPS) is 12.3. The second-order valence-electron chi connectivity index (χ2n) is 2.99. The molecule has 0 aliphatic rings. The lowest BCUT2D eigenvalue weighted by molar-refractivity contribution is -0.115. The lowest BCUT2D eigenvalue weighted by Gasteiger charge is -2.09. The zero-order chi connectivity index (χ0) is 11.4. The third-order valence-electron chi connectivity index (χ3n) is 1.83. The summed E-state index contributed by atoms with van der Waals surface area (Å²) in [6.07, 6.45) is 0.729. The molecule has 1 rings (SSSR count). The average Bonchev–Trinajstić information content (AvgIpc) is 2.22. The van der Waals surface area contributed by atoms with E-state index >= 15 is 0 Å². The highest BCUT2D eigenvalue weighted by molar-refractivity contribution is 9.10. The summed E-state index contributed by atoms with van der Waals surface area (Å²) in [6, 6.07) is 4.98. The van der Waals surface area contributed by atoms with Crippen molar-refractivity contribution in [3.05, 3.63) is 28.2 Å². The first-order valence-corrected chi connectivity index (χ1v) is 6.11. The van der Waals surface area contributed by atoms with Gasteiger partial charge in [0.15, 0.2) is 0 Å². The number of carbonyl (C=O) groups is 1. The van der Waals surface area contributed by atoms with Crippen molar-refractivity contribution in [2.24, 2.45) is 0 Å². The molecule has 0 fully saturated rings. The number of halogens is 3. The fourth-order valence-electron chi connectivity index (χ4n) is 0.980. The molecule has 0 spiro atoms. The van der Waals surface area contributed by atoms with Crippen molar-refractivity contribution in [3.8, 4) is 0 Å². The average molecular weight is 311 g/mol. The minimum absolute atomic E-state index is 0.0871. The molecule has 15 heavy (non-hydrogen) atoms. The number of amides is 1. The summed E-state index contributed by atoms with van der Waals surface area (Å²) in [5, 5.41) is 3.63. The van der Waals surface area contributed by atoms with Crippen LogP contribution in [0.2, 0.25) is 10.0 Å². The van der Waals surface area contributed by atoms with E-state index in [1.165, 1.54) is 0 Å². The monoisotopic (exact) mass is 309 g/mol. The van der Waals surface area contributed by atoms with Gasteiger partial charge in [-0.2, -0.15) is 0 Å². The first-order chi connectivity index (χ1) is 7.04. The van der Waals surface area contributed by atoms with E-state index in [9.17, 15) is 4.79 Å². The standard InChI is InChI=1S/C10H10BrCl2NO/c1-2-7(11)10(15)14-6-3-4-8(12)9(13)5-6/h3-5,7H,2H2,1H3,(H,14,15)/t7-/m1/s1. The molecule has 1 amide bonds. The largest absolute Gasteiger partial charge is 0.325 e. The Balaban J connectivity index is 2.73. The predicted octanol–water partition coefficient (Wildman–Crippen LogP) is 4.11. The van der Waals surface area contributed by atoms with Crippen LogP contribution in [-0.2, 0) is 4.79 Å². The SMILES string of the molecule is CC[C@@H](Br)C(=O)Nc1ccc(Cl)c(Cl)c1. The number of rotatable bonds is 3. The summed E-state index contributed by atoms with van der Waals surface area (Å²) in [5.74, 6) is -0.0871. The van der Waals surface area contributed by atoms with Gasteiger partial charge in [0.1, 0.15) is 0 Å². The van der Waals surface area contributed by atoms with Crippen molar-refractivity contribution >= 4 is 50.7 Å². The number of benzene rings is 1. The van der Waals surface area contributed by atoms with Crippen LogP contribution in [0.25, 0.3) is 0 Å². The molecule has 82 valence electrons. The minimum atomic E-state index is -0.188. The lowest BCUT2D eigenvalue weighted by atomic mass is 10.3. The molecule has 0 saturated heterocycles. The molecule has 0 aliphatic carbocycles. The van der Waals surface area contributed by atoms with Gasteiger partial charge >= 0.3 is 0 Å². The van der Waals surface area contributed by atoms with Gasteiger partial charge < -0.3 is 5.32 Å². The first kappa shape index (κ1) is 12.8. The molecule has 0 bridgehead atoms. The minimum Gasteiger partial charge on any atom is -0.325 e. The van der Waals surface area contributed by atoms with Crippen LogP contribution in [0.5, 0.6) is 0 Å². The van der Waals surface area contributed by atoms with Crippen molar-refractivity contribution in [1.29, 1.82) is 0 Å². The van der Waals surface area contributed by atoms with Gasteiger partial charge in [0.25, 0.3) is 0 Å². The molecular formula is C10H10BrCl2NO. The summed E-state index contributed by atoms with van der Waals surface area (Å²) in [4.78, 5) is 11.3. The molecule has 0 saturated carbocycles. The Morgan fingerprint density at radius 2 is 2.13 bits per heavy atom. The van der Waals surface area contributed by atoms with E-state index in [2.05, 4.69) is 21.2 Å². The van der Waals surface area contributed by atoms with E-state index < -0.39 is 0 Å². The van der Waals surface area contributed by atoms with E-state index in [1.807, 2.05) is 6.92 Å². The maximum Gasteiger partial charge on any atom is 0.238 e. The van der Waals surface area contributed by atoms with Crippen LogP contribution in [0.3, 0.4) is 0 Å². The molecule has 0 radical (unpaired) electrons. The van der Waals surface area contributed by atoms with Gasteiger partial charge in [-0.3, -0.25) is 4.79 Å². The van der Waals surface area contributed by atoms with E-state index in [0.717, 1.165) is 6.42 Å². The predicted molar refractivity (Wildman–Crippen MR) is 68.1 cm³/mol. The highest BCUT2D eigenvalue weighted by Gasteiger charge is 2.12. The summed E-state index contributed by atoms with van der Waals surface area (Å²) >= 11 is 14.8. The molecule has 1 aromatic carbocycles. The highest BCUT2D eigenvalue weighted by Crippen LogP contribution is 2.25. The molecular weight excluding hydrogens is 301 g/mol.